The first-order valence-corrected chi connectivity index (χ1v) is 7.39. The summed E-state index contributed by atoms with van der Waals surface area (Å²) in [5, 5.41) is 0. The molecule has 22 heavy (non-hydrogen) atoms. The van der Waals surface area contributed by atoms with Crippen LogP contribution in [-0.2, 0) is 9.47 Å². The van der Waals surface area contributed by atoms with Gasteiger partial charge in [-0.15, -0.1) is 0 Å². The Bertz CT molecular complexity index is 448. The second kappa shape index (κ2) is 8.88. The Labute approximate surface area is 133 Å². The van der Waals surface area contributed by atoms with Gasteiger partial charge in [0.15, 0.2) is 5.78 Å². The average molecular weight is 309 g/mol. The largest absolute Gasteiger partial charge is 0.497 e. The molecule has 124 valence electrons. The van der Waals surface area contributed by atoms with Crippen LogP contribution in [0.1, 0.15) is 24.2 Å². The molecule has 1 rings (SSSR count). The van der Waals surface area contributed by atoms with Crippen molar-refractivity contribution in [2.75, 3.05) is 47.6 Å². The minimum atomic E-state index is -0.633. The summed E-state index contributed by atoms with van der Waals surface area (Å²) in [6, 6.07) is 7.21. The number of methoxy groups -OCH3 is 3. The van der Waals surface area contributed by atoms with E-state index in [9.17, 15) is 4.79 Å². The van der Waals surface area contributed by atoms with E-state index in [0.29, 0.717) is 31.9 Å². The minimum absolute atomic E-state index is 0.0716. The summed E-state index contributed by atoms with van der Waals surface area (Å²) >= 11 is 0. The fraction of sp³-hybridized carbons (Fsp3) is 0.588. The maximum absolute atomic E-state index is 12.9. The molecule has 0 atom stereocenters. The van der Waals surface area contributed by atoms with Gasteiger partial charge in [-0.05, 0) is 38.1 Å². The molecule has 0 aliphatic carbocycles. The summed E-state index contributed by atoms with van der Waals surface area (Å²) in [6.07, 6.45) is 0. The zero-order chi connectivity index (χ0) is 16.6. The van der Waals surface area contributed by atoms with Gasteiger partial charge in [0.25, 0.3) is 0 Å². The molecule has 1 aromatic rings. The predicted octanol–water partition coefficient (Wildman–Crippen LogP) is 2.25. The zero-order valence-corrected chi connectivity index (χ0v) is 14.2. The second-order valence-corrected chi connectivity index (χ2v) is 5.59. The maximum Gasteiger partial charge on any atom is 0.182 e. The Morgan fingerprint density at radius 1 is 1.00 bits per heavy atom. The monoisotopic (exact) mass is 309 g/mol. The lowest BCUT2D eigenvalue weighted by Gasteiger charge is -2.37. The Kier molecular flexibility index (Phi) is 7.51. The first-order chi connectivity index (χ1) is 10.5. The molecule has 0 fully saturated rings. The first-order valence-electron chi connectivity index (χ1n) is 7.39. The van der Waals surface area contributed by atoms with Gasteiger partial charge in [0.1, 0.15) is 5.75 Å². The van der Waals surface area contributed by atoms with Crippen molar-refractivity contribution in [1.29, 1.82) is 0 Å². The lowest BCUT2D eigenvalue weighted by Crippen LogP contribution is -2.52. The molecule has 0 aromatic heterocycles. The number of hydrogen-bond acceptors (Lipinski definition) is 5. The van der Waals surface area contributed by atoms with Crippen LogP contribution in [0.15, 0.2) is 24.3 Å². The van der Waals surface area contributed by atoms with Gasteiger partial charge in [0.05, 0.1) is 25.9 Å². The molecule has 0 amide bonds. The van der Waals surface area contributed by atoms with E-state index < -0.39 is 5.54 Å². The topological polar surface area (TPSA) is 48.0 Å². The van der Waals surface area contributed by atoms with Crippen LogP contribution < -0.4 is 4.74 Å². The molecule has 5 heteroatoms. The molecule has 5 nitrogen and oxygen atoms in total. The van der Waals surface area contributed by atoms with E-state index in [0.717, 1.165) is 5.75 Å². The fourth-order valence-electron chi connectivity index (χ4n) is 2.31. The first kappa shape index (κ1) is 18.6. The van der Waals surface area contributed by atoms with Crippen LogP contribution in [0.25, 0.3) is 0 Å². The lowest BCUT2D eigenvalue weighted by atomic mass is 9.91. The van der Waals surface area contributed by atoms with Crippen molar-refractivity contribution in [2.45, 2.75) is 19.4 Å². The fourth-order valence-corrected chi connectivity index (χ4v) is 2.31. The Balaban J connectivity index is 2.91. The van der Waals surface area contributed by atoms with Crippen molar-refractivity contribution in [2.24, 2.45) is 0 Å². The molecule has 0 heterocycles. The quantitative estimate of drug-likeness (QED) is 0.620. The Morgan fingerprint density at radius 2 is 1.50 bits per heavy atom. The minimum Gasteiger partial charge on any atom is -0.497 e. The summed E-state index contributed by atoms with van der Waals surface area (Å²) in [6.45, 7) is 6.37. The second-order valence-electron chi connectivity index (χ2n) is 5.59. The third kappa shape index (κ3) is 4.80. The van der Waals surface area contributed by atoms with Gasteiger partial charge in [0, 0.05) is 32.9 Å². The molecule has 0 radical (unpaired) electrons. The highest BCUT2D eigenvalue weighted by atomic mass is 16.5. The van der Waals surface area contributed by atoms with Gasteiger partial charge in [0.2, 0.25) is 0 Å². The highest BCUT2D eigenvalue weighted by Crippen LogP contribution is 2.22. The number of ether oxygens (including phenoxy) is 3. The number of Topliss-reactive ketones (excluding diaryl/α,β-unsaturated/α-hetero) is 1. The third-order valence-electron chi connectivity index (χ3n) is 3.83. The van der Waals surface area contributed by atoms with Crippen molar-refractivity contribution in [1.82, 2.24) is 4.90 Å². The molecule has 0 saturated heterocycles. The van der Waals surface area contributed by atoms with Crippen LogP contribution in [0.3, 0.4) is 0 Å². The SMILES string of the molecule is COCCN(CCOC)C(C)(C)C(=O)c1ccc(OC)cc1. The van der Waals surface area contributed by atoms with Gasteiger partial charge in [-0.1, -0.05) is 0 Å². The number of nitrogens with zero attached hydrogens (tertiary/aromatic N) is 1. The molecule has 0 saturated carbocycles. The smallest absolute Gasteiger partial charge is 0.182 e. The normalized spacial score (nSPS) is 11.7. The van der Waals surface area contributed by atoms with E-state index >= 15 is 0 Å². The summed E-state index contributed by atoms with van der Waals surface area (Å²) < 4.78 is 15.4. The van der Waals surface area contributed by atoms with E-state index in [-0.39, 0.29) is 5.78 Å². The maximum atomic E-state index is 12.9. The number of carbonyl (C=O) groups excluding carboxylic acids is 1. The van der Waals surface area contributed by atoms with Crippen molar-refractivity contribution < 1.29 is 19.0 Å². The van der Waals surface area contributed by atoms with Crippen LogP contribution >= 0.6 is 0 Å². The van der Waals surface area contributed by atoms with Gasteiger partial charge in [-0.25, -0.2) is 0 Å². The van der Waals surface area contributed by atoms with Gasteiger partial charge in [-0.2, -0.15) is 0 Å². The van der Waals surface area contributed by atoms with Crippen molar-refractivity contribution in [3.05, 3.63) is 29.8 Å². The van der Waals surface area contributed by atoms with Crippen molar-refractivity contribution >= 4 is 5.78 Å². The summed E-state index contributed by atoms with van der Waals surface area (Å²) in [5.74, 6) is 0.812. The molecular formula is C17H27NO4. The molecule has 0 N–H and O–H groups in total. The van der Waals surface area contributed by atoms with Crippen molar-refractivity contribution in [3.63, 3.8) is 0 Å². The van der Waals surface area contributed by atoms with Crippen molar-refractivity contribution in [3.8, 4) is 5.75 Å². The molecule has 0 unspecified atom stereocenters. The Hall–Kier alpha value is -1.43. The highest BCUT2D eigenvalue weighted by Gasteiger charge is 2.34. The number of hydrogen-bond donors (Lipinski definition) is 0. The summed E-state index contributed by atoms with van der Waals surface area (Å²) in [4.78, 5) is 15.0. The number of rotatable bonds is 10. The third-order valence-corrected chi connectivity index (χ3v) is 3.83. The molecular weight excluding hydrogens is 282 g/mol. The average Bonchev–Trinajstić information content (AvgIpc) is 2.54. The van der Waals surface area contributed by atoms with E-state index in [1.165, 1.54) is 0 Å². The number of benzene rings is 1. The van der Waals surface area contributed by atoms with Crippen LogP contribution in [0.2, 0.25) is 0 Å². The summed E-state index contributed by atoms with van der Waals surface area (Å²) in [7, 11) is 4.93. The Morgan fingerprint density at radius 3 is 1.91 bits per heavy atom. The highest BCUT2D eigenvalue weighted by molar-refractivity contribution is 6.02. The van der Waals surface area contributed by atoms with E-state index in [1.807, 2.05) is 13.8 Å². The van der Waals surface area contributed by atoms with Crippen LogP contribution in [0.5, 0.6) is 5.75 Å². The van der Waals surface area contributed by atoms with Gasteiger partial charge in [-0.3, -0.25) is 9.69 Å². The van der Waals surface area contributed by atoms with Gasteiger partial charge < -0.3 is 14.2 Å². The molecule has 1 aromatic carbocycles. The van der Waals surface area contributed by atoms with E-state index in [1.54, 1.807) is 45.6 Å². The number of carbonyl (C=O) groups is 1. The van der Waals surface area contributed by atoms with Crippen LogP contribution in [0.4, 0.5) is 0 Å². The van der Waals surface area contributed by atoms with E-state index in [2.05, 4.69) is 4.90 Å². The molecule has 0 spiro atoms. The van der Waals surface area contributed by atoms with Gasteiger partial charge >= 0.3 is 0 Å². The predicted molar refractivity (Wildman–Crippen MR) is 86.7 cm³/mol. The zero-order valence-electron chi connectivity index (χ0n) is 14.2. The summed E-state index contributed by atoms with van der Waals surface area (Å²) in [5.41, 5.74) is 0.0386. The van der Waals surface area contributed by atoms with E-state index in [4.69, 9.17) is 14.2 Å². The number of ketones is 1. The standard InChI is InChI=1S/C17H27NO4/c1-17(2,18(10-12-20-3)11-13-21-4)16(19)14-6-8-15(22-5)9-7-14/h6-9H,10-13H2,1-5H3. The lowest BCUT2D eigenvalue weighted by molar-refractivity contribution is 0.0418. The van der Waals surface area contributed by atoms with Crippen LogP contribution in [0, 0.1) is 0 Å². The molecule has 0 bridgehead atoms. The van der Waals surface area contributed by atoms with Crippen LogP contribution in [-0.4, -0.2) is 63.9 Å². The molecule has 0 aliphatic heterocycles. The molecule has 0 aliphatic rings.